The Morgan fingerprint density at radius 3 is 2.11 bits per heavy atom. The number of aromatic nitrogens is 2. The highest BCUT2D eigenvalue weighted by Gasteiger charge is 2.33. The normalized spacial score (nSPS) is 15.0. The fourth-order valence-electron chi connectivity index (χ4n) is 3.11. The molecule has 0 aliphatic rings. The van der Waals surface area contributed by atoms with E-state index in [-0.39, 0.29) is 19.3 Å². The van der Waals surface area contributed by atoms with E-state index in [1.807, 2.05) is 0 Å². The van der Waals surface area contributed by atoms with E-state index in [4.69, 9.17) is 15.9 Å². The molecule has 0 saturated heterocycles. The summed E-state index contributed by atoms with van der Waals surface area (Å²) in [5.74, 6) is -7.12. The molecule has 5 atom stereocenters. The molecular formula is C21H32N6O9. The standard InChI is InChI=1S/C21H32N6O9/c1-3-10(2)17(20(34)26-14(21(35)36)7-16(30)31)27-19(33)13(6-11-8-23-9-24-11)25-18(32)12(22)4-5-15(28)29/h8-10,12-14,17H,3-7,22H2,1-2H3,(H,23,24)(H,25,32)(H,26,34)(H,27,33)(H,28,29)(H,30,31)(H,35,36). The second-order valence-corrected chi connectivity index (χ2v) is 8.25. The second kappa shape index (κ2) is 14.4. The van der Waals surface area contributed by atoms with E-state index in [1.165, 1.54) is 12.5 Å². The first kappa shape index (κ1) is 30.0. The third kappa shape index (κ3) is 10.1. The Morgan fingerprint density at radius 2 is 1.61 bits per heavy atom. The van der Waals surface area contributed by atoms with Crippen LogP contribution in [0.2, 0.25) is 0 Å². The van der Waals surface area contributed by atoms with Gasteiger partial charge in [0.2, 0.25) is 17.7 Å². The van der Waals surface area contributed by atoms with Gasteiger partial charge in [0, 0.05) is 24.7 Å². The van der Waals surface area contributed by atoms with Crippen LogP contribution in [-0.4, -0.2) is 85.1 Å². The predicted molar refractivity (Wildman–Crippen MR) is 122 cm³/mol. The predicted octanol–water partition coefficient (Wildman–Crippen LogP) is -1.80. The molecule has 1 aromatic rings. The van der Waals surface area contributed by atoms with Crippen molar-refractivity contribution in [3.8, 4) is 0 Å². The number of H-pyrrole nitrogens is 1. The molecule has 5 unspecified atom stereocenters. The molecule has 0 saturated carbocycles. The average molecular weight is 513 g/mol. The smallest absolute Gasteiger partial charge is 0.326 e. The van der Waals surface area contributed by atoms with Gasteiger partial charge in [0.05, 0.1) is 18.8 Å². The van der Waals surface area contributed by atoms with Gasteiger partial charge < -0.3 is 42.0 Å². The quantitative estimate of drug-likeness (QED) is 0.123. The number of carboxylic acid groups (broad SMARTS) is 3. The van der Waals surface area contributed by atoms with Crippen LogP contribution in [-0.2, 0) is 35.2 Å². The fraction of sp³-hybridized carbons (Fsp3) is 0.571. The molecule has 15 heteroatoms. The van der Waals surface area contributed by atoms with Gasteiger partial charge in [0.1, 0.15) is 18.1 Å². The van der Waals surface area contributed by atoms with Gasteiger partial charge in [-0.25, -0.2) is 9.78 Å². The van der Waals surface area contributed by atoms with Crippen molar-refractivity contribution in [2.24, 2.45) is 11.7 Å². The summed E-state index contributed by atoms with van der Waals surface area (Å²) in [7, 11) is 0. The molecule has 0 aliphatic carbocycles. The molecule has 1 heterocycles. The van der Waals surface area contributed by atoms with Crippen molar-refractivity contribution in [1.29, 1.82) is 0 Å². The summed E-state index contributed by atoms with van der Waals surface area (Å²) in [4.78, 5) is 78.1. The molecule has 0 aromatic carbocycles. The number of rotatable bonds is 16. The zero-order chi connectivity index (χ0) is 27.4. The topological polar surface area (TPSA) is 254 Å². The van der Waals surface area contributed by atoms with Crippen molar-refractivity contribution in [3.63, 3.8) is 0 Å². The van der Waals surface area contributed by atoms with Crippen molar-refractivity contribution in [3.05, 3.63) is 18.2 Å². The number of nitrogens with zero attached hydrogens (tertiary/aromatic N) is 1. The number of hydrogen-bond acceptors (Lipinski definition) is 8. The lowest BCUT2D eigenvalue weighted by Gasteiger charge is -2.27. The van der Waals surface area contributed by atoms with Crippen molar-refractivity contribution in [2.45, 2.75) is 70.1 Å². The zero-order valence-corrected chi connectivity index (χ0v) is 19.9. The number of aliphatic carboxylic acids is 3. The number of nitrogens with one attached hydrogen (secondary N) is 4. The van der Waals surface area contributed by atoms with Gasteiger partial charge in [-0.3, -0.25) is 24.0 Å². The first-order chi connectivity index (χ1) is 16.8. The molecular weight excluding hydrogens is 480 g/mol. The lowest BCUT2D eigenvalue weighted by molar-refractivity contribution is -0.147. The number of carboxylic acids is 3. The third-order valence-electron chi connectivity index (χ3n) is 5.40. The number of nitrogens with two attached hydrogens (primary N) is 1. The summed E-state index contributed by atoms with van der Waals surface area (Å²) in [5.41, 5.74) is 6.20. The Bertz CT molecular complexity index is 936. The molecule has 200 valence electrons. The van der Waals surface area contributed by atoms with Gasteiger partial charge in [-0.15, -0.1) is 0 Å². The van der Waals surface area contributed by atoms with E-state index < -0.39 is 72.1 Å². The van der Waals surface area contributed by atoms with Crippen LogP contribution in [0.5, 0.6) is 0 Å². The van der Waals surface area contributed by atoms with E-state index in [0.29, 0.717) is 12.1 Å². The van der Waals surface area contributed by atoms with Gasteiger partial charge in [0.15, 0.2) is 0 Å². The Kier molecular flexibility index (Phi) is 12.0. The monoisotopic (exact) mass is 512 g/mol. The minimum atomic E-state index is -1.72. The summed E-state index contributed by atoms with van der Waals surface area (Å²) < 4.78 is 0. The SMILES string of the molecule is CCC(C)C(NC(=O)C(Cc1cnc[nH]1)NC(=O)C(N)CCC(=O)O)C(=O)NC(CC(=O)O)C(=O)O. The maximum absolute atomic E-state index is 13.1. The first-order valence-electron chi connectivity index (χ1n) is 11.2. The van der Waals surface area contributed by atoms with Crippen molar-refractivity contribution in [2.75, 3.05) is 0 Å². The van der Waals surface area contributed by atoms with Crippen LogP contribution >= 0.6 is 0 Å². The summed E-state index contributed by atoms with van der Waals surface area (Å²) in [5, 5.41) is 34.0. The molecule has 0 bridgehead atoms. The van der Waals surface area contributed by atoms with E-state index in [1.54, 1.807) is 13.8 Å². The molecule has 0 radical (unpaired) electrons. The average Bonchev–Trinajstić information content (AvgIpc) is 3.31. The Labute approximate surface area is 206 Å². The summed E-state index contributed by atoms with van der Waals surface area (Å²) in [6.07, 6.45) is 1.70. The molecule has 0 aliphatic heterocycles. The largest absolute Gasteiger partial charge is 0.481 e. The van der Waals surface area contributed by atoms with Crippen LogP contribution < -0.4 is 21.7 Å². The minimum absolute atomic E-state index is 0.0746. The van der Waals surface area contributed by atoms with Crippen LogP contribution in [0.25, 0.3) is 0 Å². The molecule has 0 fully saturated rings. The molecule has 15 nitrogen and oxygen atoms in total. The third-order valence-corrected chi connectivity index (χ3v) is 5.40. The molecule has 36 heavy (non-hydrogen) atoms. The first-order valence-corrected chi connectivity index (χ1v) is 11.2. The maximum atomic E-state index is 13.1. The Morgan fingerprint density at radius 1 is 0.972 bits per heavy atom. The van der Waals surface area contributed by atoms with Crippen LogP contribution in [0, 0.1) is 5.92 Å². The molecule has 9 N–H and O–H groups in total. The highest BCUT2D eigenvalue weighted by molar-refractivity contribution is 5.95. The lowest BCUT2D eigenvalue weighted by atomic mass is 9.97. The number of carbonyl (C=O) groups excluding carboxylic acids is 3. The molecule has 1 rings (SSSR count). The van der Waals surface area contributed by atoms with E-state index in [9.17, 15) is 33.9 Å². The highest BCUT2D eigenvalue weighted by Crippen LogP contribution is 2.11. The number of hydrogen-bond donors (Lipinski definition) is 8. The summed E-state index contributed by atoms with van der Waals surface area (Å²) >= 11 is 0. The number of carbonyl (C=O) groups is 6. The molecule has 0 spiro atoms. The van der Waals surface area contributed by atoms with Crippen molar-refractivity contribution in [1.82, 2.24) is 25.9 Å². The van der Waals surface area contributed by atoms with Crippen LogP contribution in [0.4, 0.5) is 0 Å². The van der Waals surface area contributed by atoms with Crippen molar-refractivity contribution >= 4 is 35.6 Å². The molecule has 1 aromatic heterocycles. The lowest BCUT2D eigenvalue weighted by Crippen LogP contribution is -2.59. The Balaban J connectivity index is 3.07. The van der Waals surface area contributed by atoms with Crippen LogP contribution in [0.3, 0.4) is 0 Å². The fourth-order valence-corrected chi connectivity index (χ4v) is 3.11. The summed E-state index contributed by atoms with van der Waals surface area (Å²) in [6.45, 7) is 3.36. The number of aromatic amines is 1. The van der Waals surface area contributed by atoms with Gasteiger partial charge >= 0.3 is 17.9 Å². The second-order valence-electron chi connectivity index (χ2n) is 8.25. The van der Waals surface area contributed by atoms with Gasteiger partial charge in [-0.05, 0) is 12.3 Å². The van der Waals surface area contributed by atoms with Crippen molar-refractivity contribution < 1.29 is 44.1 Å². The van der Waals surface area contributed by atoms with Gasteiger partial charge in [-0.2, -0.15) is 0 Å². The van der Waals surface area contributed by atoms with E-state index >= 15 is 0 Å². The van der Waals surface area contributed by atoms with Gasteiger partial charge in [-0.1, -0.05) is 20.3 Å². The maximum Gasteiger partial charge on any atom is 0.326 e. The number of imidazole rings is 1. The van der Waals surface area contributed by atoms with E-state index in [0.717, 1.165) is 0 Å². The highest BCUT2D eigenvalue weighted by atomic mass is 16.4. The minimum Gasteiger partial charge on any atom is -0.481 e. The van der Waals surface area contributed by atoms with Gasteiger partial charge in [0.25, 0.3) is 0 Å². The van der Waals surface area contributed by atoms with Crippen LogP contribution in [0.15, 0.2) is 12.5 Å². The summed E-state index contributed by atoms with van der Waals surface area (Å²) in [6, 6.07) is -5.42. The Hall–Kier alpha value is -4.01. The number of amides is 3. The van der Waals surface area contributed by atoms with Crippen LogP contribution in [0.1, 0.15) is 45.2 Å². The zero-order valence-electron chi connectivity index (χ0n) is 19.9. The van der Waals surface area contributed by atoms with E-state index in [2.05, 4.69) is 25.9 Å². The molecule has 3 amide bonds.